The van der Waals surface area contributed by atoms with E-state index in [2.05, 4.69) is 32.0 Å². The van der Waals surface area contributed by atoms with Crippen LogP contribution in [0.3, 0.4) is 0 Å². The molecule has 2 nitrogen and oxygen atoms in total. The van der Waals surface area contributed by atoms with Crippen molar-refractivity contribution in [3.63, 3.8) is 0 Å². The Bertz CT molecular complexity index is 398. The Morgan fingerprint density at radius 3 is 2.87 bits per heavy atom. The van der Waals surface area contributed by atoms with Crippen molar-refractivity contribution in [3.8, 4) is 0 Å². The van der Waals surface area contributed by atoms with Crippen LogP contribution in [0, 0.1) is 6.92 Å². The number of benzene rings is 1. The number of hydrogen-bond donors (Lipinski definition) is 0. The highest BCUT2D eigenvalue weighted by Gasteiger charge is 2.25. The lowest BCUT2D eigenvalue weighted by Crippen LogP contribution is -2.40. The van der Waals surface area contributed by atoms with Crippen LogP contribution < -0.4 is 4.90 Å². The maximum Gasteiger partial charge on any atom is 0.224 e. The predicted octanol–water partition coefficient (Wildman–Crippen LogP) is 2.68. The second-order valence-corrected chi connectivity index (χ2v) is 4.41. The minimum atomic E-state index is 0.146. The van der Waals surface area contributed by atoms with E-state index in [0.717, 1.165) is 18.5 Å². The second kappa shape index (κ2) is 3.69. The van der Waals surface area contributed by atoms with Gasteiger partial charge < -0.3 is 4.90 Å². The first-order chi connectivity index (χ1) is 7.09. The smallest absolute Gasteiger partial charge is 0.224 e. The Morgan fingerprint density at radius 1 is 1.47 bits per heavy atom. The van der Waals surface area contributed by atoms with Gasteiger partial charge in [-0.25, -0.2) is 0 Å². The molecule has 80 valence electrons. The van der Waals surface area contributed by atoms with E-state index in [1.54, 1.807) is 6.92 Å². The largest absolute Gasteiger partial charge is 0.310 e. The van der Waals surface area contributed by atoms with Crippen LogP contribution in [-0.2, 0) is 11.2 Å². The molecule has 0 bridgehead atoms. The van der Waals surface area contributed by atoms with Gasteiger partial charge in [-0.1, -0.05) is 17.7 Å². The normalized spacial score (nSPS) is 19.9. The molecule has 0 aromatic heterocycles. The molecule has 0 fully saturated rings. The zero-order chi connectivity index (χ0) is 11.0. The van der Waals surface area contributed by atoms with Gasteiger partial charge in [-0.3, -0.25) is 4.79 Å². The standard InChI is InChI=1S/C13H17NO/c1-9-4-7-13-12(8-9)6-5-10(2)14(13)11(3)15/h4,7-8,10H,5-6H2,1-3H3/t10-/m1/s1. The lowest BCUT2D eigenvalue weighted by molar-refractivity contribution is -0.117. The number of fused-ring (bicyclic) bond motifs is 1. The molecule has 1 aromatic carbocycles. The van der Waals surface area contributed by atoms with Crippen molar-refractivity contribution < 1.29 is 4.79 Å². The molecule has 1 aliphatic heterocycles. The van der Waals surface area contributed by atoms with Crippen LogP contribution in [0.1, 0.15) is 31.4 Å². The predicted molar refractivity (Wildman–Crippen MR) is 62.1 cm³/mol. The Labute approximate surface area is 90.9 Å². The zero-order valence-electron chi connectivity index (χ0n) is 9.58. The zero-order valence-corrected chi connectivity index (χ0v) is 9.58. The van der Waals surface area contributed by atoms with Gasteiger partial charge >= 0.3 is 0 Å². The SMILES string of the molecule is CC(=O)N1c2ccc(C)cc2CC[C@H]1C. The third kappa shape index (κ3) is 1.76. The fraction of sp³-hybridized carbons (Fsp3) is 0.462. The molecule has 0 unspecified atom stereocenters. The maximum absolute atomic E-state index is 11.6. The Morgan fingerprint density at radius 2 is 2.20 bits per heavy atom. The van der Waals surface area contributed by atoms with Crippen LogP contribution in [0.4, 0.5) is 5.69 Å². The highest BCUT2D eigenvalue weighted by atomic mass is 16.2. The van der Waals surface area contributed by atoms with Crippen molar-refractivity contribution in [2.75, 3.05) is 4.90 Å². The summed E-state index contributed by atoms with van der Waals surface area (Å²) < 4.78 is 0. The molecule has 1 amide bonds. The maximum atomic E-state index is 11.6. The Kier molecular flexibility index (Phi) is 2.51. The van der Waals surface area contributed by atoms with Gasteiger partial charge in [-0.15, -0.1) is 0 Å². The molecule has 1 aliphatic rings. The Balaban J connectivity index is 2.48. The highest BCUT2D eigenvalue weighted by molar-refractivity contribution is 5.93. The molecule has 0 aliphatic carbocycles. The van der Waals surface area contributed by atoms with Gasteiger partial charge in [0.25, 0.3) is 0 Å². The van der Waals surface area contributed by atoms with Gasteiger partial charge in [0.15, 0.2) is 0 Å². The minimum absolute atomic E-state index is 0.146. The lowest BCUT2D eigenvalue weighted by Gasteiger charge is -2.34. The van der Waals surface area contributed by atoms with E-state index in [4.69, 9.17) is 0 Å². The van der Waals surface area contributed by atoms with Crippen LogP contribution in [0.15, 0.2) is 18.2 Å². The van der Waals surface area contributed by atoms with Crippen LogP contribution in [0.5, 0.6) is 0 Å². The third-order valence-corrected chi connectivity index (χ3v) is 3.11. The summed E-state index contributed by atoms with van der Waals surface area (Å²) in [5, 5.41) is 0. The van der Waals surface area contributed by atoms with E-state index < -0.39 is 0 Å². The molecular formula is C13H17NO. The molecule has 15 heavy (non-hydrogen) atoms. The number of nitrogens with zero attached hydrogens (tertiary/aromatic N) is 1. The molecule has 0 saturated heterocycles. The molecule has 0 saturated carbocycles. The van der Waals surface area contributed by atoms with Crippen LogP contribution in [0.2, 0.25) is 0 Å². The quantitative estimate of drug-likeness (QED) is 0.635. The van der Waals surface area contributed by atoms with Gasteiger partial charge in [0.05, 0.1) is 0 Å². The number of amides is 1. The summed E-state index contributed by atoms with van der Waals surface area (Å²) >= 11 is 0. The molecule has 0 radical (unpaired) electrons. The van der Waals surface area contributed by atoms with E-state index >= 15 is 0 Å². The Hall–Kier alpha value is -1.31. The van der Waals surface area contributed by atoms with Gasteiger partial charge in [-0.05, 0) is 38.3 Å². The first-order valence-electron chi connectivity index (χ1n) is 5.49. The van der Waals surface area contributed by atoms with Crippen molar-refractivity contribution in [1.82, 2.24) is 0 Å². The highest BCUT2D eigenvalue weighted by Crippen LogP contribution is 2.31. The summed E-state index contributed by atoms with van der Waals surface area (Å²) in [6.45, 7) is 5.85. The summed E-state index contributed by atoms with van der Waals surface area (Å²) in [5.41, 5.74) is 3.68. The molecule has 1 aromatic rings. The third-order valence-electron chi connectivity index (χ3n) is 3.11. The topological polar surface area (TPSA) is 20.3 Å². The summed E-state index contributed by atoms with van der Waals surface area (Å²) in [6, 6.07) is 6.67. The van der Waals surface area contributed by atoms with Crippen molar-refractivity contribution in [2.45, 2.75) is 39.7 Å². The van der Waals surface area contributed by atoms with E-state index in [0.29, 0.717) is 6.04 Å². The molecule has 0 N–H and O–H groups in total. The summed E-state index contributed by atoms with van der Waals surface area (Å²) in [7, 11) is 0. The average Bonchev–Trinajstić information content (AvgIpc) is 2.17. The number of carbonyl (C=O) groups is 1. The molecule has 2 rings (SSSR count). The molecule has 1 heterocycles. The van der Waals surface area contributed by atoms with Gasteiger partial charge in [-0.2, -0.15) is 0 Å². The number of carbonyl (C=O) groups excluding carboxylic acids is 1. The second-order valence-electron chi connectivity index (χ2n) is 4.41. The summed E-state index contributed by atoms with van der Waals surface area (Å²) in [5.74, 6) is 0.146. The first kappa shape index (κ1) is 10.2. The van der Waals surface area contributed by atoms with E-state index in [1.165, 1.54) is 11.1 Å². The van der Waals surface area contributed by atoms with Crippen LogP contribution >= 0.6 is 0 Å². The van der Waals surface area contributed by atoms with Crippen molar-refractivity contribution in [1.29, 1.82) is 0 Å². The van der Waals surface area contributed by atoms with Crippen LogP contribution in [0.25, 0.3) is 0 Å². The van der Waals surface area contributed by atoms with Crippen LogP contribution in [-0.4, -0.2) is 11.9 Å². The average molecular weight is 203 g/mol. The summed E-state index contributed by atoms with van der Waals surface area (Å²) in [6.07, 6.45) is 2.15. The fourth-order valence-corrected chi connectivity index (χ4v) is 2.36. The minimum Gasteiger partial charge on any atom is -0.310 e. The van der Waals surface area contributed by atoms with E-state index in [9.17, 15) is 4.79 Å². The summed E-state index contributed by atoms with van der Waals surface area (Å²) in [4.78, 5) is 13.5. The first-order valence-corrected chi connectivity index (χ1v) is 5.49. The van der Waals surface area contributed by atoms with E-state index in [-0.39, 0.29) is 5.91 Å². The van der Waals surface area contributed by atoms with Crippen molar-refractivity contribution >= 4 is 11.6 Å². The monoisotopic (exact) mass is 203 g/mol. The van der Waals surface area contributed by atoms with Gasteiger partial charge in [0.2, 0.25) is 5.91 Å². The molecule has 0 spiro atoms. The number of rotatable bonds is 0. The molecule has 1 atom stereocenters. The lowest BCUT2D eigenvalue weighted by atomic mass is 9.95. The number of aryl methyl sites for hydroxylation is 2. The van der Waals surface area contributed by atoms with Crippen molar-refractivity contribution in [2.24, 2.45) is 0 Å². The number of hydrogen-bond acceptors (Lipinski definition) is 1. The number of anilines is 1. The van der Waals surface area contributed by atoms with Crippen molar-refractivity contribution in [3.05, 3.63) is 29.3 Å². The van der Waals surface area contributed by atoms with Gasteiger partial charge in [0, 0.05) is 18.7 Å². The molecule has 2 heteroatoms. The van der Waals surface area contributed by atoms with E-state index in [1.807, 2.05) is 4.90 Å². The fourth-order valence-electron chi connectivity index (χ4n) is 2.36. The van der Waals surface area contributed by atoms with Gasteiger partial charge in [0.1, 0.15) is 0 Å². The molecular weight excluding hydrogens is 186 g/mol.